The molecule has 0 aliphatic rings. The molecule has 1 heterocycles. The van der Waals surface area contributed by atoms with E-state index >= 15 is 0 Å². The molecule has 0 unspecified atom stereocenters. The highest BCUT2D eigenvalue weighted by molar-refractivity contribution is 7.89. The lowest BCUT2D eigenvalue weighted by atomic mass is 10.2. The largest absolute Gasteiger partial charge is 0.270 e. The first kappa shape index (κ1) is 17.7. The highest BCUT2D eigenvalue weighted by Gasteiger charge is 2.23. The van der Waals surface area contributed by atoms with E-state index in [1.165, 1.54) is 4.31 Å². The predicted molar refractivity (Wildman–Crippen MR) is 91.8 cm³/mol. The molecular formula is C17H25N3O2S. The first-order valence-corrected chi connectivity index (χ1v) is 9.33. The van der Waals surface area contributed by atoms with Gasteiger partial charge in [0.25, 0.3) is 0 Å². The van der Waals surface area contributed by atoms with Crippen LogP contribution in [0.15, 0.2) is 29.2 Å². The third-order valence-electron chi connectivity index (χ3n) is 4.25. The molecule has 23 heavy (non-hydrogen) atoms. The van der Waals surface area contributed by atoms with Gasteiger partial charge < -0.3 is 0 Å². The molecule has 1 aromatic heterocycles. The number of aryl methyl sites for hydroxylation is 3. The molecule has 1 aromatic carbocycles. The van der Waals surface area contributed by atoms with Crippen LogP contribution in [-0.4, -0.2) is 29.6 Å². The number of sulfonamides is 1. The Kier molecular flexibility index (Phi) is 5.26. The van der Waals surface area contributed by atoms with E-state index in [9.17, 15) is 8.42 Å². The monoisotopic (exact) mass is 335 g/mol. The summed E-state index contributed by atoms with van der Waals surface area (Å²) in [5, 5.41) is 4.45. The fraction of sp³-hybridized carbons (Fsp3) is 0.471. The summed E-state index contributed by atoms with van der Waals surface area (Å²) in [6, 6.07) is 7.10. The Bertz CT molecular complexity index is 777. The minimum Gasteiger partial charge on any atom is -0.270 e. The van der Waals surface area contributed by atoms with Crippen molar-refractivity contribution in [3.8, 4) is 0 Å². The molecule has 0 spiro atoms. The van der Waals surface area contributed by atoms with Crippen LogP contribution in [-0.2, 0) is 29.5 Å². The number of hydrogen-bond donors (Lipinski definition) is 0. The van der Waals surface area contributed by atoms with Crippen LogP contribution in [0.2, 0.25) is 0 Å². The summed E-state index contributed by atoms with van der Waals surface area (Å²) in [5.74, 6) is 0. The Hall–Kier alpha value is -1.66. The van der Waals surface area contributed by atoms with E-state index in [1.54, 1.807) is 19.2 Å². The molecule has 0 amide bonds. The third kappa shape index (κ3) is 3.48. The van der Waals surface area contributed by atoms with Gasteiger partial charge >= 0.3 is 0 Å². The van der Waals surface area contributed by atoms with Gasteiger partial charge in [0, 0.05) is 31.4 Å². The predicted octanol–water partition coefficient (Wildman–Crippen LogP) is 2.90. The Balaban J connectivity index is 2.28. The number of aromatic nitrogens is 2. The summed E-state index contributed by atoms with van der Waals surface area (Å²) >= 11 is 0. The average molecular weight is 335 g/mol. The minimum absolute atomic E-state index is 0.329. The van der Waals surface area contributed by atoms with Gasteiger partial charge in [-0.3, -0.25) is 4.68 Å². The van der Waals surface area contributed by atoms with Crippen molar-refractivity contribution in [2.75, 3.05) is 7.05 Å². The van der Waals surface area contributed by atoms with Crippen molar-refractivity contribution < 1.29 is 8.42 Å². The summed E-state index contributed by atoms with van der Waals surface area (Å²) in [4.78, 5) is 0.329. The van der Waals surface area contributed by atoms with Crippen molar-refractivity contribution in [2.24, 2.45) is 0 Å². The van der Waals surface area contributed by atoms with Crippen molar-refractivity contribution in [1.82, 2.24) is 14.1 Å². The van der Waals surface area contributed by atoms with Gasteiger partial charge in [-0.25, -0.2) is 8.42 Å². The van der Waals surface area contributed by atoms with Crippen LogP contribution >= 0.6 is 0 Å². The molecule has 0 aliphatic heterocycles. The molecule has 5 nitrogen and oxygen atoms in total. The van der Waals surface area contributed by atoms with Gasteiger partial charge in [-0.1, -0.05) is 19.1 Å². The number of hydrogen-bond acceptors (Lipinski definition) is 3. The van der Waals surface area contributed by atoms with E-state index < -0.39 is 10.0 Å². The lowest BCUT2D eigenvalue weighted by Crippen LogP contribution is -2.27. The van der Waals surface area contributed by atoms with Crippen LogP contribution in [0.1, 0.15) is 36.4 Å². The summed E-state index contributed by atoms with van der Waals surface area (Å²) < 4.78 is 28.8. The molecule has 6 heteroatoms. The number of benzene rings is 1. The molecule has 2 aromatic rings. The SMILES string of the molecule is CCc1ccc(S(=O)(=O)N(C)Cc2c(C)nn(CC)c2C)cc1. The molecule has 0 bridgehead atoms. The van der Waals surface area contributed by atoms with Crippen molar-refractivity contribution in [3.63, 3.8) is 0 Å². The maximum Gasteiger partial charge on any atom is 0.243 e. The first-order chi connectivity index (χ1) is 10.8. The van der Waals surface area contributed by atoms with Crippen molar-refractivity contribution in [3.05, 3.63) is 46.8 Å². The normalized spacial score (nSPS) is 12.1. The molecule has 2 rings (SSSR count). The van der Waals surface area contributed by atoms with Gasteiger partial charge in [0.05, 0.1) is 10.6 Å². The van der Waals surface area contributed by atoms with Gasteiger partial charge in [0.15, 0.2) is 0 Å². The molecule has 0 saturated heterocycles. The Morgan fingerprint density at radius 1 is 1.13 bits per heavy atom. The van der Waals surface area contributed by atoms with E-state index in [1.807, 2.05) is 44.5 Å². The lowest BCUT2D eigenvalue weighted by molar-refractivity contribution is 0.464. The fourth-order valence-electron chi connectivity index (χ4n) is 2.66. The zero-order valence-corrected chi connectivity index (χ0v) is 15.3. The lowest BCUT2D eigenvalue weighted by Gasteiger charge is -2.18. The standard InChI is InChI=1S/C17H25N3O2S/c1-6-15-8-10-16(11-9-15)23(21,22)19(5)12-17-13(3)18-20(7-2)14(17)4/h8-11H,6-7,12H2,1-5H3. The Labute approximate surface area is 139 Å². The number of nitrogens with zero attached hydrogens (tertiary/aromatic N) is 3. The van der Waals surface area contributed by atoms with Gasteiger partial charge in [0.1, 0.15) is 0 Å². The maximum atomic E-state index is 12.7. The van der Waals surface area contributed by atoms with Crippen molar-refractivity contribution in [2.45, 2.75) is 52.1 Å². The molecule has 0 atom stereocenters. The van der Waals surface area contributed by atoms with E-state index in [0.717, 1.165) is 35.5 Å². The van der Waals surface area contributed by atoms with Crippen LogP contribution in [0.5, 0.6) is 0 Å². The van der Waals surface area contributed by atoms with E-state index in [0.29, 0.717) is 11.4 Å². The van der Waals surface area contributed by atoms with E-state index in [4.69, 9.17) is 0 Å². The molecular weight excluding hydrogens is 310 g/mol. The van der Waals surface area contributed by atoms with Crippen LogP contribution in [0.25, 0.3) is 0 Å². The molecule has 0 saturated carbocycles. The highest BCUT2D eigenvalue weighted by atomic mass is 32.2. The van der Waals surface area contributed by atoms with Gasteiger partial charge in [-0.05, 0) is 44.9 Å². The minimum atomic E-state index is -3.50. The molecule has 0 aliphatic carbocycles. The van der Waals surface area contributed by atoms with E-state index in [2.05, 4.69) is 5.10 Å². The summed E-state index contributed by atoms with van der Waals surface area (Å²) in [7, 11) is -1.88. The third-order valence-corrected chi connectivity index (χ3v) is 6.07. The first-order valence-electron chi connectivity index (χ1n) is 7.89. The van der Waals surface area contributed by atoms with Crippen LogP contribution in [0, 0.1) is 13.8 Å². The molecule has 126 valence electrons. The zero-order valence-electron chi connectivity index (χ0n) is 14.5. The Morgan fingerprint density at radius 3 is 2.22 bits per heavy atom. The second-order valence-corrected chi connectivity index (χ2v) is 7.77. The van der Waals surface area contributed by atoms with E-state index in [-0.39, 0.29) is 0 Å². The smallest absolute Gasteiger partial charge is 0.243 e. The molecule has 0 radical (unpaired) electrons. The summed E-state index contributed by atoms with van der Waals surface area (Å²) in [5.41, 5.74) is 4.01. The van der Waals surface area contributed by atoms with Crippen LogP contribution in [0.4, 0.5) is 0 Å². The summed E-state index contributed by atoms with van der Waals surface area (Å²) in [6.07, 6.45) is 0.894. The van der Waals surface area contributed by atoms with Crippen molar-refractivity contribution >= 4 is 10.0 Å². The second kappa shape index (κ2) is 6.84. The highest BCUT2D eigenvalue weighted by Crippen LogP contribution is 2.21. The molecule has 0 N–H and O–H groups in total. The maximum absolute atomic E-state index is 12.7. The van der Waals surface area contributed by atoms with Gasteiger partial charge in [-0.2, -0.15) is 9.40 Å². The summed E-state index contributed by atoms with van der Waals surface area (Å²) in [6.45, 7) is 9.09. The van der Waals surface area contributed by atoms with Gasteiger partial charge in [-0.15, -0.1) is 0 Å². The van der Waals surface area contributed by atoms with Crippen LogP contribution < -0.4 is 0 Å². The zero-order chi connectivity index (χ0) is 17.2. The van der Waals surface area contributed by atoms with Crippen molar-refractivity contribution in [1.29, 1.82) is 0 Å². The average Bonchev–Trinajstić information content (AvgIpc) is 2.82. The molecule has 0 fully saturated rings. The second-order valence-electron chi connectivity index (χ2n) is 5.72. The fourth-order valence-corrected chi connectivity index (χ4v) is 3.79. The van der Waals surface area contributed by atoms with Gasteiger partial charge in [0.2, 0.25) is 10.0 Å². The Morgan fingerprint density at radius 2 is 1.74 bits per heavy atom. The topological polar surface area (TPSA) is 55.2 Å². The quantitative estimate of drug-likeness (QED) is 0.815. The van der Waals surface area contributed by atoms with Crippen LogP contribution in [0.3, 0.4) is 0 Å². The number of rotatable bonds is 6.